The lowest BCUT2D eigenvalue weighted by Crippen LogP contribution is -2.47. The van der Waals surface area contributed by atoms with E-state index >= 15 is 0 Å². The van der Waals surface area contributed by atoms with Gasteiger partial charge in [-0.25, -0.2) is 4.79 Å². The van der Waals surface area contributed by atoms with E-state index in [4.69, 9.17) is 5.11 Å². The van der Waals surface area contributed by atoms with Crippen LogP contribution in [0, 0.1) is 22.2 Å². The van der Waals surface area contributed by atoms with E-state index in [0.29, 0.717) is 19.0 Å². The van der Waals surface area contributed by atoms with Crippen LogP contribution in [0.1, 0.15) is 53.4 Å². The van der Waals surface area contributed by atoms with Crippen molar-refractivity contribution in [3.8, 4) is 0 Å². The lowest BCUT2D eigenvalue weighted by molar-refractivity contribution is -0.141. The standard InChI is InChI=1S/C16H28N2O3/c1-14(2)11(15(14,3)4)9-17-13(21)18-10-16(6-5-7-16)8-12(19)20/h11H,5-10H2,1-4H3,(H,19,20)(H2,17,18,21). The normalized spacial score (nSPS) is 24.8. The van der Waals surface area contributed by atoms with Crippen LogP contribution in [-0.4, -0.2) is 30.2 Å². The van der Waals surface area contributed by atoms with Crippen LogP contribution in [0.2, 0.25) is 0 Å². The molecule has 2 rings (SSSR count). The summed E-state index contributed by atoms with van der Waals surface area (Å²) in [5.41, 5.74) is 0.304. The molecule has 0 radical (unpaired) electrons. The number of rotatable bonds is 6. The predicted octanol–water partition coefficient (Wildman–Crippen LogP) is 2.61. The Balaban J connectivity index is 1.72. The minimum Gasteiger partial charge on any atom is -0.481 e. The highest BCUT2D eigenvalue weighted by atomic mass is 16.4. The van der Waals surface area contributed by atoms with Gasteiger partial charge in [0.1, 0.15) is 0 Å². The Kier molecular flexibility index (Phi) is 3.98. The largest absolute Gasteiger partial charge is 0.481 e. The van der Waals surface area contributed by atoms with E-state index in [2.05, 4.69) is 38.3 Å². The van der Waals surface area contributed by atoms with Gasteiger partial charge in [0.2, 0.25) is 0 Å². The van der Waals surface area contributed by atoms with Gasteiger partial charge in [-0.05, 0) is 35.0 Å². The zero-order chi connectivity index (χ0) is 15.9. The van der Waals surface area contributed by atoms with E-state index in [1.54, 1.807) is 0 Å². The van der Waals surface area contributed by atoms with E-state index in [1.807, 2.05) is 0 Å². The van der Waals surface area contributed by atoms with Crippen molar-refractivity contribution in [1.29, 1.82) is 0 Å². The number of hydrogen-bond donors (Lipinski definition) is 3. The summed E-state index contributed by atoms with van der Waals surface area (Å²) in [6.45, 7) is 10.1. The second-order valence-corrected chi connectivity index (χ2v) is 7.98. The second kappa shape index (κ2) is 5.18. The van der Waals surface area contributed by atoms with Gasteiger partial charge in [0.25, 0.3) is 0 Å². The second-order valence-electron chi connectivity index (χ2n) is 7.98. The summed E-state index contributed by atoms with van der Waals surface area (Å²) in [6, 6.07) is -0.176. The fraction of sp³-hybridized carbons (Fsp3) is 0.875. The molecule has 2 aliphatic rings. The molecule has 0 aliphatic heterocycles. The monoisotopic (exact) mass is 296 g/mol. The van der Waals surface area contributed by atoms with Gasteiger partial charge in [-0.15, -0.1) is 0 Å². The first-order chi connectivity index (χ1) is 9.61. The minimum atomic E-state index is -0.779. The van der Waals surface area contributed by atoms with Gasteiger partial charge in [0.15, 0.2) is 0 Å². The van der Waals surface area contributed by atoms with Gasteiger partial charge in [-0.3, -0.25) is 4.79 Å². The van der Waals surface area contributed by atoms with Crippen molar-refractivity contribution in [3.05, 3.63) is 0 Å². The van der Waals surface area contributed by atoms with Crippen LogP contribution in [0.3, 0.4) is 0 Å². The summed E-state index contributed by atoms with van der Waals surface area (Å²) >= 11 is 0. The molecule has 2 saturated carbocycles. The highest BCUT2D eigenvalue weighted by molar-refractivity contribution is 5.74. The highest BCUT2D eigenvalue weighted by Crippen LogP contribution is 2.67. The van der Waals surface area contributed by atoms with Crippen LogP contribution in [0.5, 0.6) is 0 Å². The Bertz CT molecular complexity index is 425. The fourth-order valence-electron chi connectivity index (χ4n) is 3.78. The molecule has 0 aromatic carbocycles. The maximum atomic E-state index is 11.9. The molecule has 5 nitrogen and oxygen atoms in total. The van der Waals surface area contributed by atoms with Gasteiger partial charge < -0.3 is 15.7 Å². The summed E-state index contributed by atoms with van der Waals surface area (Å²) in [6.07, 6.45) is 2.99. The number of carboxylic acids is 1. The molecule has 21 heavy (non-hydrogen) atoms. The fourth-order valence-corrected chi connectivity index (χ4v) is 3.78. The summed E-state index contributed by atoms with van der Waals surface area (Å²) in [5, 5.41) is 14.7. The molecule has 0 saturated heterocycles. The molecular formula is C16H28N2O3. The Hall–Kier alpha value is -1.26. The van der Waals surface area contributed by atoms with Crippen molar-refractivity contribution in [1.82, 2.24) is 10.6 Å². The molecule has 0 heterocycles. The number of nitrogens with one attached hydrogen (secondary N) is 2. The van der Waals surface area contributed by atoms with E-state index in [-0.39, 0.29) is 28.7 Å². The van der Waals surface area contributed by atoms with Crippen LogP contribution in [0.4, 0.5) is 4.79 Å². The third-order valence-corrected chi connectivity index (χ3v) is 6.35. The average Bonchev–Trinajstić information content (AvgIpc) is 2.70. The van der Waals surface area contributed by atoms with Gasteiger partial charge in [-0.2, -0.15) is 0 Å². The Morgan fingerprint density at radius 1 is 1.10 bits per heavy atom. The summed E-state index contributed by atoms with van der Waals surface area (Å²) in [7, 11) is 0. The SMILES string of the molecule is CC1(C)C(CNC(=O)NCC2(CC(=O)O)CCC2)C1(C)C. The maximum absolute atomic E-state index is 11.9. The predicted molar refractivity (Wildman–Crippen MR) is 81.0 cm³/mol. The van der Waals surface area contributed by atoms with Crippen LogP contribution in [0.15, 0.2) is 0 Å². The molecule has 0 aromatic rings. The zero-order valence-corrected chi connectivity index (χ0v) is 13.6. The van der Waals surface area contributed by atoms with Crippen LogP contribution in [0.25, 0.3) is 0 Å². The highest BCUT2D eigenvalue weighted by Gasteiger charge is 2.64. The zero-order valence-electron chi connectivity index (χ0n) is 13.6. The third-order valence-electron chi connectivity index (χ3n) is 6.35. The lowest BCUT2D eigenvalue weighted by Gasteiger charge is -2.40. The lowest BCUT2D eigenvalue weighted by atomic mass is 9.66. The maximum Gasteiger partial charge on any atom is 0.314 e. The molecule has 0 unspecified atom stereocenters. The molecular weight excluding hydrogens is 268 g/mol. The van der Waals surface area contributed by atoms with E-state index in [9.17, 15) is 9.59 Å². The molecule has 0 spiro atoms. The molecule has 2 fully saturated rings. The summed E-state index contributed by atoms with van der Waals surface area (Å²) in [4.78, 5) is 22.8. The molecule has 120 valence electrons. The number of carboxylic acid groups (broad SMARTS) is 1. The van der Waals surface area contributed by atoms with Crippen molar-refractivity contribution in [3.63, 3.8) is 0 Å². The van der Waals surface area contributed by atoms with E-state index in [0.717, 1.165) is 19.3 Å². The van der Waals surface area contributed by atoms with Crippen LogP contribution in [-0.2, 0) is 4.79 Å². The van der Waals surface area contributed by atoms with E-state index < -0.39 is 5.97 Å². The first-order valence-corrected chi connectivity index (χ1v) is 7.84. The number of carbonyl (C=O) groups excluding carboxylic acids is 1. The third kappa shape index (κ3) is 3.01. The first-order valence-electron chi connectivity index (χ1n) is 7.84. The molecule has 0 atom stereocenters. The van der Waals surface area contributed by atoms with Gasteiger partial charge in [0, 0.05) is 13.1 Å². The summed E-state index contributed by atoms with van der Waals surface area (Å²) < 4.78 is 0. The number of hydrogen-bond acceptors (Lipinski definition) is 2. The van der Waals surface area contributed by atoms with E-state index in [1.165, 1.54) is 0 Å². The molecule has 0 aromatic heterocycles. The number of urea groups is 1. The topological polar surface area (TPSA) is 78.4 Å². The van der Waals surface area contributed by atoms with Gasteiger partial charge >= 0.3 is 12.0 Å². The van der Waals surface area contributed by atoms with Crippen molar-refractivity contribution < 1.29 is 14.7 Å². The minimum absolute atomic E-state index is 0.149. The summed E-state index contributed by atoms with van der Waals surface area (Å²) in [5.74, 6) is -0.286. The van der Waals surface area contributed by atoms with Gasteiger partial charge in [-0.1, -0.05) is 34.1 Å². The van der Waals surface area contributed by atoms with Gasteiger partial charge in [0.05, 0.1) is 6.42 Å². The quantitative estimate of drug-likeness (QED) is 0.705. The number of aliphatic carboxylic acids is 1. The Labute approximate surface area is 126 Å². The smallest absolute Gasteiger partial charge is 0.314 e. The van der Waals surface area contributed by atoms with Crippen molar-refractivity contribution in [2.24, 2.45) is 22.2 Å². The molecule has 5 heteroatoms. The molecule has 3 N–H and O–H groups in total. The molecule has 0 bridgehead atoms. The van der Waals surface area contributed by atoms with Crippen molar-refractivity contribution in [2.45, 2.75) is 53.4 Å². The average molecular weight is 296 g/mol. The Morgan fingerprint density at radius 3 is 2.05 bits per heavy atom. The van der Waals surface area contributed by atoms with Crippen LogP contribution >= 0.6 is 0 Å². The molecule has 2 amide bonds. The van der Waals surface area contributed by atoms with Crippen LogP contribution < -0.4 is 10.6 Å². The van der Waals surface area contributed by atoms with Crippen molar-refractivity contribution >= 4 is 12.0 Å². The van der Waals surface area contributed by atoms with Crippen molar-refractivity contribution in [2.75, 3.05) is 13.1 Å². The first kappa shape index (κ1) is 16.1. The number of carbonyl (C=O) groups is 2. The molecule has 2 aliphatic carbocycles. The number of amides is 2. The Morgan fingerprint density at radius 2 is 1.67 bits per heavy atom.